The number of hydrogen-bond donors (Lipinski definition) is 2. The Morgan fingerprint density at radius 1 is 1.39 bits per heavy atom. The number of nitrogens with two attached hydrogens (primary N) is 1. The van der Waals surface area contributed by atoms with Crippen molar-refractivity contribution < 1.29 is 4.79 Å². The molecule has 0 saturated heterocycles. The molecule has 1 rings (SSSR count). The number of benzene rings is 1. The normalized spacial score (nSPS) is 13.4. The highest BCUT2D eigenvalue weighted by Crippen LogP contribution is 2.26. The molecule has 3 nitrogen and oxygen atoms in total. The molecule has 1 aromatic rings. The molecule has 0 spiro atoms. The average molecular weight is 312 g/mol. The van der Waals surface area contributed by atoms with E-state index >= 15 is 0 Å². The van der Waals surface area contributed by atoms with Crippen LogP contribution in [0.2, 0.25) is 10.0 Å². The monoisotopic (exact) mass is 310 g/mol. The molecule has 0 saturated carbocycles. The maximum Gasteiger partial charge on any atom is 0.222 e. The Morgan fingerprint density at radius 2 is 2.00 bits per heavy atom. The molecule has 1 aromatic carbocycles. The van der Waals surface area contributed by atoms with Gasteiger partial charge >= 0.3 is 0 Å². The summed E-state index contributed by atoms with van der Waals surface area (Å²) < 4.78 is 0. The van der Waals surface area contributed by atoms with Crippen LogP contribution >= 0.6 is 35.6 Å². The lowest BCUT2D eigenvalue weighted by Gasteiger charge is -2.16. The van der Waals surface area contributed by atoms with E-state index in [-0.39, 0.29) is 30.4 Å². The summed E-state index contributed by atoms with van der Waals surface area (Å²) in [7, 11) is 0. The van der Waals surface area contributed by atoms with E-state index in [0.717, 1.165) is 5.56 Å². The average Bonchev–Trinajstić information content (AvgIpc) is 2.20. The summed E-state index contributed by atoms with van der Waals surface area (Å²) in [5, 5.41) is 4.01. The van der Waals surface area contributed by atoms with E-state index in [2.05, 4.69) is 5.32 Å². The maximum absolute atomic E-state index is 11.6. The molecule has 3 N–H and O–H groups in total. The highest BCUT2D eigenvalue weighted by atomic mass is 35.5. The zero-order valence-corrected chi connectivity index (χ0v) is 12.6. The molecule has 0 aliphatic rings. The zero-order valence-electron chi connectivity index (χ0n) is 10.2. The van der Waals surface area contributed by atoms with Gasteiger partial charge in [0.15, 0.2) is 0 Å². The summed E-state index contributed by atoms with van der Waals surface area (Å²) in [6, 6.07) is 4.84. The van der Waals surface area contributed by atoms with Gasteiger partial charge in [-0.15, -0.1) is 12.4 Å². The van der Waals surface area contributed by atoms with Gasteiger partial charge in [-0.3, -0.25) is 4.79 Å². The molecule has 0 heterocycles. The van der Waals surface area contributed by atoms with E-state index in [1.54, 1.807) is 25.1 Å². The summed E-state index contributed by atoms with van der Waals surface area (Å²) >= 11 is 11.9. The molecule has 102 valence electrons. The molecule has 2 unspecified atom stereocenters. The number of rotatable bonds is 4. The SMILES string of the molecule is CC(N)CC(=O)NC(C)c1cc(Cl)ccc1Cl.Cl. The van der Waals surface area contributed by atoms with Crippen LogP contribution in [0.4, 0.5) is 0 Å². The van der Waals surface area contributed by atoms with Gasteiger partial charge in [0, 0.05) is 22.5 Å². The molecule has 18 heavy (non-hydrogen) atoms. The molecule has 6 heteroatoms. The molecule has 0 radical (unpaired) electrons. The van der Waals surface area contributed by atoms with Crippen molar-refractivity contribution in [2.24, 2.45) is 5.73 Å². The Balaban J connectivity index is 0.00000289. The van der Waals surface area contributed by atoms with Crippen LogP contribution in [0.5, 0.6) is 0 Å². The topological polar surface area (TPSA) is 55.1 Å². The van der Waals surface area contributed by atoms with Gasteiger partial charge in [0.2, 0.25) is 5.91 Å². The zero-order chi connectivity index (χ0) is 13.0. The molecule has 0 aromatic heterocycles. The second kappa shape index (κ2) is 7.85. The van der Waals surface area contributed by atoms with Crippen molar-refractivity contribution in [1.29, 1.82) is 0 Å². The van der Waals surface area contributed by atoms with Gasteiger partial charge in [-0.1, -0.05) is 23.2 Å². The largest absolute Gasteiger partial charge is 0.349 e. The van der Waals surface area contributed by atoms with Gasteiger partial charge in [0.25, 0.3) is 0 Å². The van der Waals surface area contributed by atoms with Crippen LogP contribution in [0.3, 0.4) is 0 Å². The van der Waals surface area contributed by atoms with Crippen LogP contribution in [0.1, 0.15) is 31.9 Å². The second-order valence-corrected chi connectivity index (χ2v) is 4.98. The van der Waals surface area contributed by atoms with Crippen molar-refractivity contribution in [1.82, 2.24) is 5.32 Å². The van der Waals surface area contributed by atoms with E-state index in [1.807, 2.05) is 6.92 Å². The Labute approximate surface area is 123 Å². The predicted octanol–water partition coefficient (Wildman–Crippen LogP) is 3.33. The Hall–Kier alpha value is -0.480. The van der Waals surface area contributed by atoms with Crippen LogP contribution in [-0.4, -0.2) is 11.9 Å². The summed E-state index contributed by atoms with van der Waals surface area (Å²) in [5.41, 5.74) is 6.36. The number of carbonyl (C=O) groups is 1. The lowest BCUT2D eigenvalue weighted by atomic mass is 10.1. The molecule has 2 atom stereocenters. The van der Waals surface area contributed by atoms with Crippen molar-refractivity contribution in [2.75, 3.05) is 0 Å². The Kier molecular flexibility index (Phi) is 7.64. The van der Waals surface area contributed by atoms with Crippen molar-refractivity contribution in [3.63, 3.8) is 0 Å². The number of halogens is 3. The minimum atomic E-state index is -0.188. The van der Waals surface area contributed by atoms with Crippen molar-refractivity contribution in [3.05, 3.63) is 33.8 Å². The lowest BCUT2D eigenvalue weighted by Crippen LogP contribution is -2.31. The maximum atomic E-state index is 11.6. The second-order valence-electron chi connectivity index (χ2n) is 4.14. The van der Waals surface area contributed by atoms with Crippen molar-refractivity contribution >= 4 is 41.5 Å². The standard InChI is InChI=1S/C12H16Cl2N2O.ClH/c1-7(15)5-12(17)16-8(2)10-6-9(13)3-4-11(10)14;/h3-4,6-8H,5,15H2,1-2H3,(H,16,17);1H. The van der Waals surface area contributed by atoms with Crippen LogP contribution in [0.25, 0.3) is 0 Å². The van der Waals surface area contributed by atoms with Crippen LogP contribution < -0.4 is 11.1 Å². The molecule has 1 amide bonds. The third-order valence-electron chi connectivity index (χ3n) is 2.31. The predicted molar refractivity (Wildman–Crippen MR) is 78.5 cm³/mol. The molecule has 0 fully saturated rings. The highest BCUT2D eigenvalue weighted by Gasteiger charge is 2.13. The van der Waals surface area contributed by atoms with Gasteiger partial charge < -0.3 is 11.1 Å². The van der Waals surface area contributed by atoms with Gasteiger partial charge in [-0.2, -0.15) is 0 Å². The fraction of sp³-hybridized carbons (Fsp3) is 0.417. The van der Waals surface area contributed by atoms with Gasteiger partial charge in [0.05, 0.1) is 6.04 Å². The van der Waals surface area contributed by atoms with Gasteiger partial charge in [0.1, 0.15) is 0 Å². The molecular formula is C12H17Cl3N2O. The summed E-state index contributed by atoms with van der Waals surface area (Å²) in [6.45, 7) is 3.65. The number of hydrogen-bond acceptors (Lipinski definition) is 2. The summed E-state index contributed by atoms with van der Waals surface area (Å²) in [5.74, 6) is -0.0939. The third-order valence-corrected chi connectivity index (χ3v) is 2.89. The fourth-order valence-electron chi connectivity index (χ4n) is 1.52. The third kappa shape index (κ3) is 5.44. The minimum Gasteiger partial charge on any atom is -0.349 e. The fourth-order valence-corrected chi connectivity index (χ4v) is 1.98. The minimum absolute atomic E-state index is 0. The quantitative estimate of drug-likeness (QED) is 0.896. The molecule has 0 bridgehead atoms. The first kappa shape index (κ1) is 17.5. The molecule has 0 aliphatic carbocycles. The van der Waals surface area contributed by atoms with E-state index in [0.29, 0.717) is 16.5 Å². The summed E-state index contributed by atoms with van der Waals surface area (Å²) in [6.07, 6.45) is 0.294. The molecular weight excluding hydrogens is 295 g/mol. The molecule has 0 aliphatic heterocycles. The van der Waals surface area contributed by atoms with E-state index < -0.39 is 0 Å². The Morgan fingerprint density at radius 3 is 2.56 bits per heavy atom. The van der Waals surface area contributed by atoms with Gasteiger partial charge in [-0.05, 0) is 37.6 Å². The Bertz CT molecular complexity index is 410. The first-order chi connectivity index (χ1) is 7.90. The number of carbonyl (C=O) groups excluding carboxylic acids is 1. The van der Waals surface area contributed by atoms with Crippen LogP contribution in [0, 0.1) is 0 Å². The summed E-state index contributed by atoms with van der Waals surface area (Å²) in [4.78, 5) is 11.6. The van der Waals surface area contributed by atoms with Crippen LogP contribution in [0.15, 0.2) is 18.2 Å². The first-order valence-corrected chi connectivity index (χ1v) is 6.15. The van der Waals surface area contributed by atoms with E-state index in [4.69, 9.17) is 28.9 Å². The van der Waals surface area contributed by atoms with Crippen molar-refractivity contribution in [3.8, 4) is 0 Å². The first-order valence-electron chi connectivity index (χ1n) is 5.40. The van der Waals surface area contributed by atoms with Crippen LogP contribution in [-0.2, 0) is 4.79 Å². The van der Waals surface area contributed by atoms with Gasteiger partial charge in [-0.25, -0.2) is 0 Å². The number of amides is 1. The van der Waals surface area contributed by atoms with Crippen molar-refractivity contribution in [2.45, 2.75) is 32.4 Å². The number of nitrogens with one attached hydrogen (secondary N) is 1. The van der Waals surface area contributed by atoms with E-state index in [9.17, 15) is 4.79 Å². The lowest BCUT2D eigenvalue weighted by molar-refractivity contribution is -0.121. The smallest absolute Gasteiger partial charge is 0.222 e. The highest BCUT2D eigenvalue weighted by molar-refractivity contribution is 6.33. The van der Waals surface area contributed by atoms with E-state index in [1.165, 1.54) is 0 Å².